The number of amides is 2. The molecule has 7 heteroatoms. The highest BCUT2D eigenvalue weighted by Gasteiger charge is 2.08. The maximum absolute atomic E-state index is 12.2. The fraction of sp³-hybridized carbons (Fsp3) is 0.391. The third-order valence-corrected chi connectivity index (χ3v) is 4.76. The van der Waals surface area contributed by atoms with Crippen molar-refractivity contribution in [2.45, 2.75) is 26.7 Å². The summed E-state index contributed by atoms with van der Waals surface area (Å²) in [5.41, 5.74) is 7.63. The number of hydrogen-bond donors (Lipinski definition) is 3. The van der Waals surface area contributed by atoms with Crippen LogP contribution in [-0.4, -0.2) is 49.5 Å². The van der Waals surface area contributed by atoms with Gasteiger partial charge in [-0.25, -0.2) is 0 Å². The van der Waals surface area contributed by atoms with Gasteiger partial charge in [0, 0.05) is 30.8 Å². The number of ether oxygens (including phenoxy) is 1. The first-order valence-electron chi connectivity index (χ1n) is 10.4. The monoisotopic (exact) mass is 412 g/mol. The molecule has 0 spiro atoms. The Balaban J connectivity index is 1.69. The molecule has 7 nitrogen and oxygen atoms in total. The van der Waals surface area contributed by atoms with Crippen molar-refractivity contribution >= 4 is 23.2 Å². The van der Waals surface area contributed by atoms with Gasteiger partial charge >= 0.3 is 0 Å². The van der Waals surface area contributed by atoms with Crippen molar-refractivity contribution < 1.29 is 14.3 Å². The van der Waals surface area contributed by atoms with E-state index in [4.69, 9.17) is 10.5 Å². The average molecular weight is 413 g/mol. The molecule has 0 aliphatic heterocycles. The number of nitrogens with two attached hydrogens (primary N) is 1. The lowest BCUT2D eigenvalue weighted by Crippen LogP contribution is -2.34. The Morgan fingerprint density at radius 1 is 1.03 bits per heavy atom. The highest BCUT2D eigenvalue weighted by molar-refractivity contribution is 5.95. The normalized spacial score (nSPS) is 10.6. The lowest BCUT2D eigenvalue weighted by Gasteiger charge is -2.18. The Morgan fingerprint density at radius 3 is 2.40 bits per heavy atom. The summed E-state index contributed by atoms with van der Waals surface area (Å²) < 4.78 is 5.59. The summed E-state index contributed by atoms with van der Waals surface area (Å²) in [4.78, 5) is 26.6. The molecule has 0 fully saturated rings. The Labute approximate surface area is 178 Å². The van der Waals surface area contributed by atoms with Gasteiger partial charge in [0.15, 0.2) is 0 Å². The van der Waals surface area contributed by atoms with E-state index in [1.54, 1.807) is 36.4 Å². The van der Waals surface area contributed by atoms with E-state index in [0.717, 1.165) is 19.6 Å². The summed E-state index contributed by atoms with van der Waals surface area (Å²) in [7, 11) is 0. The van der Waals surface area contributed by atoms with Crippen LogP contribution < -0.4 is 21.1 Å². The maximum Gasteiger partial charge on any atom is 0.251 e. The second-order valence-corrected chi connectivity index (χ2v) is 6.90. The van der Waals surface area contributed by atoms with Gasteiger partial charge in [0.2, 0.25) is 5.91 Å². The molecule has 0 aromatic heterocycles. The molecule has 0 atom stereocenters. The van der Waals surface area contributed by atoms with Crippen LogP contribution >= 0.6 is 0 Å². The number of benzene rings is 2. The third-order valence-electron chi connectivity index (χ3n) is 4.76. The molecule has 162 valence electrons. The van der Waals surface area contributed by atoms with Crippen molar-refractivity contribution in [3.05, 3.63) is 54.1 Å². The van der Waals surface area contributed by atoms with E-state index in [-0.39, 0.29) is 11.8 Å². The molecule has 0 aliphatic rings. The maximum atomic E-state index is 12.2. The van der Waals surface area contributed by atoms with Crippen LogP contribution in [0.4, 0.5) is 11.4 Å². The summed E-state index contributed by atoms with van der Waals surface area (Å²) in [6.45, 7) is 7.98. The number of nitrogen functional groups attached to an aromatic ring is 1. The van der Waals surface area contributed by atoms with Gasteiger partial charge in [-0.3, -0.25) is 9.59 Å². The molecule has 0 radical (unpaired) electrons. The van der Waals surface area contributed by atoms with E-state index in [2.05, 4.69) is 29.4 Å². The van der Waals surface area contributed by atoms with Crippen molar-refractivity contribution in [2.75, 3.05) is 43.8 Å². The van der Waals surface area contributed by atoms with Gasteiger partial charge in [0.25, 0.3) is 5.91 Å². The molecule has 0 bridgehead atoms. The molecule has 2 rings (SSSR count). The lowest BCUT2D eigenvalue weighted by molar-refractivity contribution is -0.116. The second-order valence-electron chi connectivity index (χ2n) is 6.90. The van der Waals surface area contributed by atoms with Crippen LogP contribution in [0, 0.1) is 0 Å². The standard InChI is InChI=1S/C23H32N4O3/c1-3-27(4-2)16-15-25-23(29)18-11-13-19(14-12-18)26-22(28)10-7-17-30-21-9-6-5-8-20(21)24/h5-6,8-9,11-14H,3-4,7,10,15-17,24H2,1-2H3,(H,25,29)(H,26,28). The first kappa shape index (κ1) is 23.2. The molecule has 0 heterocycles. The summed E-state index contributed by atoms with van der Waals surface area (Å²) in [5, 5.41) is 5.75. The van der Waals surface area contributed by atoms with Crippen LogP contribution in [0.15, 0.2) is 48.5 Å². The topological polar surface area (TPSA) is 96.7 Å². The Bertz CT molecular complexity index is 804. The van der Waals surface area contributed by atoms with Crippen molar-refractivity contribution in [1.29, 1.82) is 0 Å². The number of carbonyl (C=O) groups is 2. The molecule has 2 amide bonds. The molecule has 0 saturated carbocycles. The number of nitrogens with one attached hydrogen (secondary N) is 2. The van der Waals surface area contributed by atoms with E-state index in [9.17, 15) is 9.59 Å². The van der Waals surface area contributed by atoms with Crippen LogP contribution in [0.5, 0.6) is 5.75 Å². The number of carbonyl (C=O) groups excluding carboxylic acids is 2. The number of para-hydroxylation sites is 2. The van der Waals surface area contributed by atoms with Gasteiger partial charge in [0.05, 0.1) is 12.3 Å². The first-order chi connectivity index (χ1) is 14.5. The molecule has 2 aromatic carbocycles. The number of anilines is 2. The van der Waals surface area contributed by atoms with Gasteiger partial charge in [-0.15, -0.1) is 0 Å². The first-order valence-corrected chi connectivity index (χ1v) is 10.4. The fourth-order valence-electron chi connectivity index (χ4n) is 2.92. The van der Waals surface area contributed by atoms with Gasteiger partial charge in [-0.2, -0.15) is 0 Å². The molecular weight excluding hydrogens is 380 g/mol. The van der Waals surface area contributed by atoms with E-state index in [1.165, 1.54) is 0 Å². The summed E-state index contributed by atoms with van der Waals surface area (Å²) in [6, 6.07) is 14.2. The van der Waals surface area contributed by atoms with Crippen LogP contribution in [0.25, 0.3) is 0 Å². The predicted octanol–water partition coefficient (Wildman–Crippen LogP) is 3.14. The molecule has 4 N–H and O–H groups in total. The van der Waals surface area contributed by atoms with Gasteiger partial charge in [0.1, 0.15) is 5.75 Å². The molecule has 0 unspecified atom stereocenters. The average Bonchev–Trinajstić information content (AvgIpc) is 2.76. The van der Waals surface area contributed by atoms with E-state index < -0.39 is 0 Å². The van der Waals surface area contributed by atoms with Gasteiger partial charge in [-0.1, -0.05) is 26.0 Å². The van der Waals surface area contributed by atoms with E-state index in [0.29, 0.717) is 48.7 Å². The smallest absolute Gasteiger partial charge is 0.251 e. The molecule has 0 saturated heterocycles. The zero-order valence-electron chi connectivity index (χ0n) is 17.8. The summed E-state index contributed by atoms with van der Waals surface area (Å²) in [5.74, 6) is 0.414. The minimum atomic E-state index is -0.114. The highest BCUT2D eigenvalue weighted by atomic mass is 16.5. The number of likely N-dealkylation sites (N-methyl/N-ethyl adjacent to an activating group) is 1. The van der Waals surface area contributed by atoms with Crippen LogP contribution in [0.2, 0.25) is 0 Å². The summed E-state index contributed by atoms with van der Waals surface area (Å²) in [6.07, 6.45) is 0.910. The quantitative estimate of drug-likeness (QED) is 0.368. The van der Waals surface area contributed by atoms with Gasteiger partial charge in [-0.05, 0) is 55.9 Å². The van der Waals surface area contributed by atoms with Crippen molar-refractivity contribution in [3.8, 4) is 5.75 Å². The zero-order valence-corrected chi connectivity index (χ0v) is 17.8. The van der Waals surface area contributed by atoms with Crippen molar-refractivity contribution in [1.82, 2.24) is 10.2 Å². The Kier molecular flexibility index (Phi) is 9.67. The number of nitrogens with zero attached hydrogens (tertiary/aromatic N) is 1. The SMILES string of the molecule is CCN(CC)CCNC(=O)c1ccc(NC(=O)CCCOc2ccccc2N)cc1. The van der Waals surface area contributed by atoms with Crippen LogP contribution in [0.1, 0.15) is 37.0 Å². The van der Waals surface area contributed by atoms with Crippen molar-refractivity contribution in [3.63, 3.8) is 0 Å². The fourth-order valence-corrected chi connectivity index (χ4v) is 2.92. The number of rotatable bonds is 12. The van der Waals surface area contributed by atoms with Crippen LogP contribution in [0.3, 0.4) is 0 Å². The molecule has 2 aromatic rings. The minimum Gasteiger partial charge on any atom is -0.491 e. The zero-order chi connectivity index (χ0) is 21.8. The molecular formula is C23H32N4O3. The molecule has 30 heavy (non-hydrogen) atoms. The second kappa shape index (κ2) is 12.5. The minimum absolute atomic E-state index is 0.101. The van der Waals surface area contributed by atoms with Gasteiger partial charge < -0.3 is 26.0 Å². The predicted molar refractivity (Wildman–Crippen MR) is 121 cm³/mol. The lowest BCUT2D eigenvalue weighted by atomic mass is 10.2. The molecule has 0 aliphatic carbocycles. The Hall–Kier alpha value is -3.06. The van der Waals surface area contributed by atoms with E-state index >= 15 is 0 Å². The number of hydrogen-bond acceptors (Lipinski definition) is 5. The highest BCUT2D eigenvalue weighted by Crippen LogP contribution is 2.20. The Morgan fingerprint density at radius 2 is 1.73 bits per heavy atom. The van der Waals surface area contributed by atoms with Crippen LogP contribution in [-0.2, 0) is 4.79 Å². The van der Waals surface area contributed by atoms with Crippen molar-refractivity contribution in [2.24, 2.45) is 0 Å². The summed E-state index contributed by atoms with van der Waals surface area (Å²) >= 11 is 0. The third kappa shape index (κ3) is 7.75. The van der Waals surface area contributed by atoms with E-state index in [1.807, 2.05) is 12.1 Å². The largest absolute Gasteiger partial charge is 0.491 e.